The van der Waals surface area contributed by atoms with Crippen molar-refractivity contribution >= 4 is 25.8 Å². The molecule has 0 aliphatic rings. The highest BCUT2D eigenvalue weighted by Gasteiger charge is 2.30. The number of benzene rings is 1. The lowest BCUT2D eigenvalue weighted by atomic mass is 10.3. The van der Waals surface area contributed by atoms with Gasteiger partial charge in [0, 0.05) is 12.8 Å². The number of rotatable bonds is 8. The molecule has 0 aromatic heterocycles. The van der Waals surface area contributed by atoms with E-state index in [4.69, 9.17) is 9.84 Å². The quantitative estimate of drug-likeness (QED) is 0.716. The van der Waals surface area contributed by atoms with Gasteiger partial charge in [0.15, 0.2) is 9.84 Å². The molecule has 0 fully saturated rings. The van der Waals surface area contributed by atoms with Gasteiger partial charge in [-0.1, -0.05) is 6.92 Å². The molecule has 8 nitrogen and oxygen atoms in total. The highest BCUT2D eigenvalue weighted by molar-refractivity contribution is 7.91. The van der Waals surface area contributed by atoms with Gasteiger partial charge >= 0.3 is 5.97 Å². The van der Waals surface area contributed by atoms with E-state index in [1.807, 2.05) is 0 Å². The second-order valence-corrected chi connectivity index (χ2v) is 8.74. The van der Waals surface area contributed by atoms with Gasteiger partial charge in [0.1, 0.15) is 17.2 Å². The summed E-state index contributed by atoms with van der Waals surface area (Å²) in [6.45, 7) is 0.970. The first-order valence-electron chi connectivity index (χ1n) is 6.64. The Hall–Kier alpha value is -1.65. The Labute approximate surface area is 135 Å². The van der Waals surface area contributed by atoms with Crippen molar-refractivity contribution in [3.05, 3.63) is 18.2 Å². The molecule has 0 spiro atoms. The highest BCUT2D eigenvalue weighted by atomic mass is 32.2. The minimum absolute atomic E-state index is 0.0130. The highest BCUT2D eigenvalue weighted by Crippen LogP contribution is 2.29. The molecule has 1 N–H and O–H groups in total. The first-order chi connectivity index (χ1) is 10.5. The van der Waals surface area contributed by atoms with Crippen LogP contribution in [0.25, 0.3) is 0 Å². The van der Waals surface area contributed by atoms with Crippen LogP contribution in [0.1, 0.15) is 13.3 Å². The molecule has 10 heteroatoms. The topological polar surface area (TPSA) is 118 Å². The van der Waals surface area contributed by atoms with Crippen molar-refractivity contribution in [2.24, 2.45) is 0 Å². The predicted molar refractivity (Wildman–Crippen MR) is 82.8 cm³/mol. The molecule has 0 bridgehead atoms. The molecule has 23 heavy (non-hydrogen) atoms. The van der Waals surface area contributed by atoms with Crippen molar-refractivity contribution in [3.63, 3.8) is 0 Å². The smallest absolute Gasteiger partial charge is 0.318 e. The Kier molecular flexibility index (Phi) is 6.14. The zero-order valence-corrected chi connectivity index (χ0v) is 14.6. The van der Waals surface area contributed by atoms with Crippen LogP contribution in [-0.2, 0) is 24.7 Å². The molecule has 0 unspecified atom stereocenters. The van der Waals surface area contributed by atoms with E-state index in [1.165, 1.54) is 19.2 Å². The number of carbonyl (C=O) groups is 1. The first-order valence-corrected chi connectivity index (χ1v) is 9.97. The monoisotopic (exact) mass is 365 g/mol. The summed E-state index contributed by atoms with van der Waals surface area (Å²) in [6.07, 6.45) is 1.35. The molecule has 0 saturated heterocycles. The Bertz CT molecular complexity index is 785. The predicted octanol–water partition coefficient (Wildman–Crippen LogP) is 0.584. The van der Waals surface area contributed by atoms with Gasteiger partial charge in [-0.15, -0.1) is 0 Å². The van der Waals surface area contributed by atoms with Gasteiger partial charge in [0.25, 0.3) is 0 Å². The molecule has 0 amide bonds. The summed E-state index contributed by atoms with van der Waals surface area (Å²) in [6, 6.07) is 3.44. The lowest BCUT2D eigenvalue weighted by Gasteiger charge is -2.21. The summed E-state index contributed by atoms with van der Waals surface area (Å²) in [5.74, 6) is -1.36. The van der Waals surface area contributed by atoms with Gasteiger partial charge in [0.05, 0.1) is 12.0 Å². The van der Waals surface area contributed by atoms with Crippen molar-refractivity contribution in [2.45, 2.75) is 23.1 Å². The Balaban J connectivity index is 3.53. The SMILES string of the molecule is CCCN(CC(=O)O)S(=O)(=O)c1cc(S(C)(=O)=O)ccc1OC. The van der Waals surface area contributed by atoms with Crippen LogP contribution in [0.2, 0.25) is 0 Å². The Morgan fingerprint density at radius 2 is 1.87 bits per heavy atom. The van der Waals surface area contributed by atoms with Gasteiger partial charge in [-0.2, -0.15) is 4.31 Å². The summed E-state index contributed by atoms with van der Waals surface area (Å²) in [5.41, 5.74) is 0. The summed E-state index contributed by atoms with van der Waals surface area (Å²) in [7, 11) is -6.60. The van der Waals surface area contributed by atoms with E-state index in [0.29, 0.717) is 6.42 Å². The molecule has 0 radical (unpaired) electrons. The van der Waals surface area contributed by atoms with E-state index >= 15 is 0 Å². The number of sulfone groups is 1. The first kappa shape index (κ1) is 19.4. The lowest BCUT2D eigenvalue weighted by Crippen LogP contribution is -2.36. The maximum absolute atomic E-state index is 12.7. The number of methoxy groups -OCH3 is 1. The maximum Gasteiger partial charge on any atom is 0.318 e. The third-order valence-electron chi connectivity index (χ3n) is 2.97. The number of ether oxygens (including phenoxy) is 1. The van der Waals surface area contributed by atoms with Gasteiger partial charge in [0.2, 0.25) is 10.0 Å². The van der Waals surface area contributed by atoms with Gasteiger partial charge in [-0.05, 0) is 24.6 Å². The fraction of sp³-hybridized carbons (Fsp3) is 0.462. The second-order valence-electron chi connectivity index (χ2n) is 4.82. The lowest BCUT2D eigenvalue weighted by molar-refractivity contribution is -0.137. The van der Waals surface area contributed by atoms with Crippen LogP contribution >= 0.6 is 0 Å². The zero-order chi connectivity index (χ0) is 17.8. The van der Waals surface area contributed by atoms with Crippen LogP contribution in [0, 0.1) is 0 Å². The molecule has 1 aromatic rings. The van der Waals surface area contributed by atoms with E-state index in [-0.39, 0.29) is 22.1 Å². The molecule has 1 rings (SSSR count). The zero-order valence-electron chi connectivity index (χ0n) is 13.0. The average molecular weight is 365 g/mol. The fourth-order valence-electron chi connectivity index (χ4n) is 1.91. The molecular formula is C13H19NO7S2. The van der Waals surface area contributed by atoms with Crippen LogP contribution in [0.3, 0.4) is 0 Å². The number of aliphatic carboxylic acids is 1. The third kappa shape index (κ3) is 4.66. The van der Waals surface area contributed by atoms with Crippen molar-refractivity contribution < 1.29 is 31.5 Å². The van der Waals surface area contributed by atoms with E-state index in [9.17, 15) is 21.6 Å². The molecular weight excluding hydrogens is 346 g/mol. The molecule has 0 saturated carbocycles. The van der Waals surface area contributed by atoms with Crippen molar-refractivity contribution in [2.75, 3.05) is 26.5 Å². The van der Waals surface area contributed by atoms with Gasteiger partial charge in [-0.3, -0.25) is 4.79 Å². The standard InChI is InChI=1S/C13H19NO7S2/c1-4-7-14(9-13(15)16)23(19,20)12-8-10(22(3,17)18)5-6-11(12)21-2/h5-6,8H,4,7,9H2,1-3H3,(H,15,16). The number of carboxylic acids is 1. The van der Waals surface area contributed by atoms with Crippen LogP contribution in [0.4, 0.5) is 0 Å². The second kappa shape index (κ2) is 7.28. The number of hydrogen-bond acceptors (Lipinski definition) is 6. The number of carboxylic acid groups (broad SMARTS) is 1. The van der Waals surface area contributed by atoms with Crippen LogP contribution in [0.15, 0.2) is 28.0 Å². The molecule has 0 aliphatic heterocycles. The number of nitrogens with zero attached hydrogens (tertiary/aromatic N) is 1. The van der Waals surface area contributed by atoms with Crippen LogP contribution in [-0.4, -0.2) is 58.7 Å². The van der Waals surface area contributed by atoms with Crippen LogP contribution < -0.4 is 4.74 Å². The molecule has 1 aromatic carbocycles. The van der Waals surface area contributed by atoms with Crippen molar-refractivity contribution in [1.29, 1.82) is 0 Å². The van der Waals surface area contributed by atoms with Crippen LogP contribution in [0.5, 0.6) is 5.75 Å². The van der Waals surface area contributed by atoms with E-state index in [2.05, 4.69) is 0 Å². The average Bonchev–Trinajstić information content (AvgIpc) is 2.44. The summed E-state index contributed by atoms with van der Waals surface area (Å²) < 4.78 is 54.5. The maximum atomic E-state index is 12.7. The summed E-state index contributed by atoms with van der Waals surface area (Å²) >= 11 is 0. The molecule has 0 atom stereocenters. The molecule has 0 aliphatic carbocycles. The minimum atomic E-state index is -4.22. The van der Waals surface area contributed by atoms with Crippen molar-refractivity contribution in [3.8, 4) is 5.75 Å². The summed E-state index contributed by atoms with van der Waals surface area (Å²) in [5, 5.41) is 8.90. The Morgan fingerprint density at radius 3 is 2.30 bits per heavy atom. The third-order valence-corrected chi connectivity index (χ3v) is 5.94. The Morgan fingerprint density at radius 1 is 1.26 bits per heavy atom. The number of hydrogen-bond donors (Lipinski definition) is 1. The molecule has 0 heterocycles. The normalized spacial score (nSPS) is 12.3. The van der Waals surface area contributed by atoms with E-state index in [0.717, 1.165) is 16.6 Å². The fourth-order valence-corrected chi connectivity index (χ4v) is 4.30. The van der Waals surface area contributed by atoms with Gasteiger partial charge < -0.3 is 9.84 Å². The number of sulfonamides is 1. The van der Waals surface area contributed by atoms with Crippen molar-refractivity contribution in [1.82, 2.24) is 4.31 Å². The molecule has 130 valence electrons. The minimum Gasteiger partial charge on any atom is -0.495 e. The summed E-state index contributed by atoms with van der Waals surface area (Å²) in [4.78, 5) is 10.3. The van der Waals surface area contributed by atoms with Gasteiger partial charge in [-0.25, -0.2) is 16.8 Å². The van der Waals surface area contributed by atoms with E-state index in [1.54, 1.807) is 6.92 Å². The van der Waals surface area contributed by atoms with E-state index < -0.39 is 32.4 Å². The largest absolute Gasteiger partial charge is 0.495 e.